The Morgan fingerprint density at radius 3 is 2.75 bits per heavy atom. The summed E-state index contributed by atoms with van der Waals surface area (Å²) in [5.41, 5.74) is 2.02. The van der Waals surface area contributed by atoms with E-state index < -0.39 is 0 Å². The second kappa shape index (κ2) is 9.95. The molecule has 0 saturated carbocycles. The van der Waals surface area contributed by atoms with Gasteiger partial charge in [-0.3, -0.25) is 19.8 Å². The van der Waals surface area contributed by atoms with Crippen LogP contribution in [0.15, 0.2) is 34.5 Å². The van der Waals surface area contributed by atoms with Gasteiger partial charge in [0.15, 0.2) is 5.13 Å². The van der Waals surface area contributed by atoms with Crippen LogP contribution in [0.25, 0.3) is 0 Å². The van der Waals surface area contributed by atoms with E-state index in [4.69, 9.17) is 0 Å². The fourth-order valence-corrected chi connectivity index (χ4v) is 4.35. The fraction of sp³-hybridized carbons (Fsp3) is 0.450. The molecule has 2 N–H and O–H groups in total. The van der Waals surface area contributed by atoms with Crippen molar-refractivity contribution in [2.45, 2.75) is 39.2 Å². The van der Waals surface area contributed by atoms with E-state index in [0.29, 0.717) is 15.7 Å². The van der Waals surface area contributed by atoms with Crippen molar-refractivity contribution in [3.05, 3.63) is 45.1 Å². The molecule has 0 bridgehead atoms. The first-order valence-electron chi connectivity index (χ1n) is 9.44. The quantitative estimate of drug-likeness (QED) is 0.675. The molecule has 0 atom stereocenters. The molecule has 1 aliphatic heterocycles. The van der Waals surface area contributed by atoms with Gasteiger partial charge in [-0.25, -0.2) is 4.98 Å². The summed E-state index contributed by atoms with van der Waals surface area (Å²) in [6.45, 7) is 7.23. The minimum atomic E-state index is -0.166. The minimum Gasteiger partial charge on any atom is -0.353 e. The topological polar surface area (TPSA) is 74.3 Å². The van der Waals surface area contributed by atoms with Crippen LogP contribution in [-0.4, -0.2) is 47.4 Å². The number of allylic oxidation sites excluding steroid dienone is 1. The van der Waals surface area contributed by atoms with Gasteiger partial charge < -0.3 is 5.32 Å². The van der Waals surface area contributed by atoms with Crippen LogP contribution >= 0.6 is 22.7 Å². The van der Waals surface area contributed by atoms with Gasteiger partial charge in [0.2, 0.25) is 5.91 Å². The zero-order valence-electron chi connectivity index (χ0n) is 16.2. The maximum absolute atomic E-state index is 12.3. The van der Waals surface area contributed by atoms with Crippen molar-refractivity contribution in [2.24, 2.45) is 0 Å². The van der Waals surface area contributed by atoms with Crippen LogP contribution in [-0.2, 0) is 11.2 Å². The van der Waals surface area contributed by atoms with E-state index in [9.17, 15) is 9.59 Å². The van der Waals surface area contributed by atoms with E-state index in [1.807, 2.05) is 16.8 Å². The summed E-state index contributed by atoms with van der Waals surface area (Å²) < 4.78 is 0. The summed E-state index contributed by atoms with van der Waals surface area (Å²) in [4.78, 5) is 31.8. The molecule has 1 fully saturated rings. The molecular formula is C20H26N4O2S2. The van der Waals surface area contributed by atoms with Gasteiger partial charge in [-0.2, -0.15) is 0 Å². The summed E-state index contributed by atoms with van der Waals surface area (Å²) in [6.07, 6.45) is 4.43. The van der Waals surface area contributed by atoms with E-state index in [0.717, 1.165) is 32.5 Å². The molecule has 3 rings (SSSR count). The Bertz CT molecular complexity index is 817. The second-order valence-electron chi connectivity index (χ2n) is 7.18. The molecule has 3 heterocycles. The van der Waals surface area contributed by atoms with E-state index in [2.05, 4.69) is 40.4 Å². The van der Waals surface area contributed by atoms with Gasteiger partial charge in [-0.15, -0.1) is 22.7 Å². The van der Waals surface area contributed by atoms with Crippen molar-refractivity contribution in [3.63, 3.8) is 0 Å². The number of carbonyl (C=O) groups excluding carboxylic acids is 2. The number of piperidine rings is 1. The van der Waals surface area contributed by atoms with Crippen molar-refractivity contribution >= 4 is 39.6 Å². The minimum absolute atomic E-state index is 0.0100. The smallest absolute Gasteiger partial charge is 0.267 e. The molecule has 0 unspecified atom stereocenters. The summed E-state index contributed by atoms with van der Waals surface area (Å²) in [6, 6.07) is 3.84. The molecular weight excluding hydrogens is 392 g/mol. The van der Waals surface area contributed by atoms with Gasteiger partial charge in [-0.05, 0) is 38.1 Å². The lowest BCUT2D eigenvalue weighted by Gasteiger charge is -2.31. The highest BCUT2D eigenvalue weighted by Crippen LogP contribution is 2.18. The second-order valence-corrected chi connectivity index (χ2v) is 8.98. The lowest BCUT2D eigenvalue weighted by Crippen LogP contribution is -2.45. The Morgan fingerprint density at radius 1 is 1.29 bits per heavy atom. The Morgan fingerprint density at radius 2 is 2.07 bits per heavy atom. The number of thiophene rings is 1. The standard InChI is InChI=1S/C20H26N4O2S2/c1-14(2)5-8-24-9-6-15(7-10-24)21-18(25)12-16-13-28-20(22-16)23-19(26)17-4-3-11-27-17/h3-5,11,13,15H,6-10,12H2,1-2H3,(H,21,25)(H,22,23,26). The number of nitrogens with zero attached hydrogens (tertiary/aromatic N) is 2. The van der Waals surface area contributed by atoms with E-state index in [1.54, 1.807) is 6.07 Å². The molecule has 150 valence electrons. The molecule has 0 aliphatic carbocycles. The van der Waals surface area contributed by atoms with Crippen LogP contribution in [0.1, 0.15) is 42.1 Å². The number of amides is 2. The van der Waals surface area contributed by atoms with Gasteiger partial charge in [0.05, 0.1) is 17.0 Å². The van der Waals surface area contributed by atoms with Crippen LogP contribution in [0.4, 0.5) is 5.13 Å². The van der Waals surface area contributed by atoms with Gasteiger partial charge in [0, 0.05) is 31.1 Å². The molecule has 1 aliphatic rings. The van der Waals surface area contributed by atoms with Crippen LogP contribution in [0.3, 0.4) is 0 Å². The molecule has 2 amide bonds. The highest BCUT2D eigenvalue weighted by atomic mass is 32.1. The monoisotopic (exact) mass is 418 g/mol. The normalized spacial score (nSPS) is 15.2. The number of rotatable bonds is 7. The van der Waals surface area contributed by atoms with E-state index in [-0.39, 0.29) is 24.3 Å². The Labute approximate surface area is 173 Å². The molecule has 8 heteroatoms. The zero-order valence-corrected chi connectivity index (χ0v) is 17.9. The van der Waals surface area contributed by atoms with Gasteiger partial charge in [-0.1, -0.05) is 17.7 Å². The highest BCUT2D eigenvalue weighted by molar-refractivity contribution is 7.14. The number of carbonyl (C=O) groups is 2. The Hall–Kier alpha value is -2.03. The average Bonchev–Trinajstić information content (AvgIpc) is 3.33. The molecule has 2 aromatic rings. The zero-order chi connectivity index (χ0) is 19.9. The average molecular weight is 419 g/mol. The maximum Gasteiger partial charge on any atom is 0.267 e. The number of aromatic nitrogens is 1. The number of likely N-dealkylation sites (tertiary alicyclic amines) is 1. The predicted octanol–water partition coefficient (Wildman–Crippen LogP) is 3.55. The number of thiazole rings is 1. The van der Waals surface area contributed by atoms with Gasteiger partial charge in [0.1, 0.15) is 0 Å². The number of anilines is 1. The molecule has 28 heavy (non-hydrogen) atoms. The first kappa shape index (κ1) is 20.7. The molecule has 0 radical (unpaired) electrons. The van der Waals surface area contributed by atoms with Crippen molar-refractivity contribution in [3.8, 4) is 0 Å². The number of hydrogen-bond acceptors (Lipinski definition) is 6. The van der Waals surface area contributed by atoms with Gasteiger partial charge >= 0.3 is 0 Å². The largest absolute Gasteiger partial charge is 0.353 e. The fourth-order valence-electron chi connectivity index (χ4n) is 3.03. The van der Waals surface area contributed by atoms with Crippen LogP contribution in [0, 0.1) is 0 Å². The third-order valence-corrected chi connectivity index (χ3v) is 6.24. The van der Waals surface area contributed by atoms with Crippen molar-refractivity contribution in [2.75, 3.05) is 25.0 Å². The Balaban J connectivity index is 1.41. The maximum atomic E-state index is 12.3. The molecule has 0 spiro atoms. The van der Waals surface area contributed by atoms with Crippen LogP contribution < -0.4 is 10.6 Å². The van der Waals surface area contributed by atoms with Crippen LogP contribution in [0.2, 0.25) is 0 Å². The highest BCUT2D eigenvalue weighted by Gasteiger charge is 2.20. The lowest BCUT2D eigenvalue weighted by atomic mass is 10.0. The number of hydrogen-bond donors (Lipinski definition) is 2. The number of nitrogens with one attached hydrogen (secondary N) is 2. The predicted molar refractivity (Wildman–Crippen MR) is 115 cm³/mol. The summed E-state index contributed by atoms with van der Waals surface area (Å²) in [7, 11) is 0. The first-order valence-corrected chi connectivity index (χ1v) is 11.2. The third-order valence-electron chi connectivity index (χ3n) is 4.57. The first-order chi connectivity index (χ1) is 13.5. The van der Waals surface area contributed by atoms with E-state index in [1.165, 1.54) is 28.2 Å². The van der Waals surface area contributed by atoms with Gasteiger partial charge in [0.25, 0.3) is 5.91 Å². The SMILES string of the molecule is CC(C)=CCN1CCC(NC(=O)Cc2csc(NC(=O)c3cccs3)n2)CC1. The van der Waals surface area contributed by atoms with Crippen molar-refractivity contribution in [1.29, 1.82) is 0 Å². The van der Waals surface area contributed by atoms with Crippen molar-refractivity contribution in [1.82, 2.24) is 15.2 Å². The molecule has 6 nitrogen and oxygen atoms in total. The van der Waals surface area contributed by atoms with E-state index >= 15 is 0 Å². The summed E-state index contributed by atoms with van der Waals surface area (Å²) in [5, 5.41) is 10.1. The Kier molecular flexibility index (Phi) is 7.36. The molecule has 0 aromatic carbocycles. The third kappa shape index (κ3) is 6.25. The van der Waals surface area contributed by atoms with Crippen LogP contribution in [0.5, 0.6) is 0 Å². The molecule has 2 aromatic heterocycles. The summed E-state index contributed by atoms with van der Waals surface area (Å²) in [5.74, 6) is -0.176. The van der Waals surface area contributed by atoms with Crippen molar-refractivity contribution < 1.29 is 9.59 Å². The lowest BCUT2D eigenvalue weighted by molar-refractivity contribution is -0.121. The summed E-state index contributed by atoms with van der Waals surface area (Å²) >= 11 is 2.73. The molecule has 1 saturated heterocycles.